The van der Waals surface area contributed by atoms with Crippen LogP contribution in [0.1, 0.15) is 21.7 Å². The molecule has 3 aromatic rings. The molecule has 3 heterocycles. The maximum Gasteiger partial charge on any atom is 0.252 e. The molecule has 120 valence electrons. The first-order chi connectivity index (χ1) is 11.0. The van der Waals surface area contributed by atoms with E-state index in [0.29, 0.717) is 23.7 Å². The van der Waals surface area contributed by atoms with Crippen molar-refractivity contribution in [2.24, 2.45) is 5.73 Å². The summed E-state index contributed by atoms with van der Waals surface area (Å²) in [6, 6.07) is 3.93. The summed E-state index contributed by atoms with van der Waals surface area (Å²) in [6.07, 6.45) is 3.80. The minimum Gasteiger partial charge on any atom is -0.481 e. The number of amides is 1. The summed E-state index contributed by atoms with van der Waals surface area (Å²) in [5, 5.41) is 5.48. The van der Waals surface area contributed by atoms with E-state index in [-0.39, 0.29) is 0 Å². The van der Waals surface area contributed by atoms with E-state index >= 15 is 0 Å². The zero-order chi connectivity index (χ0) is 16.6. The summed E-state index contributed by atoms with van der Waals surface area (Å²) in [5.74, 6) is 0.161. The van der Waals surface area contributed by atoms with Crippen LogP contribution in [0.15, 0.2) is 24.5 Å². The number of methoxy groups -OCH3 is 1. The molecule has 1 amide bonds. The molecule has 0 aliphatic heterocycles. The number of ether oxygens (including phenoxy) is 1. The fraction of sp³-hybridized carbons (Fsp3) is 0.312. The number of rotatable bonds is 5. The van der Waals surface area contributed by atoms with Crippen LogP contribution in [0.2, 0.25) is 0 Å². The molecule has 0 spiro atoms. The molecule has 0 fully saturated rings. The molecular formula is C16H19N5O2. The third kappa shape index (κ3) is 2.65. The number of aromatic nitrogens is 4. The van der Waals surface area contributed by atoms with Gasteiger partial charge in [0.1, 0.15) is 0 Å². The zero-order valence-electron chi connectivity index (χ0n) is 13.4. The Balaban J connectivity index is 1.84. The van der Waals surface area contributed by atoms with Gasteiger partial charge in [0.05, 0.1) is 36.6 Å². The van der Waals surface area contributed by atoms with Crippen molar-refractivity contribution in [3.63, 3.8) is 0 Å². The van der Waals surface area contributed by atoms with Crippen LogP contribution in [0.4, 0.5) is 0 Å². The molecule has 0 aliphatic carbocycles. The van der Waals surface area contributed by atoms with Crippen LogP contribution in [0.3, 0.4) is 0 Å². The minimum atomic E-state index is -0.436. The predicted octanol–water partition coefficient (Wildman–Crippen LogP) is 1.66. The Morgan fingerprint density at radius 1 is 1.35 bits per heavy atom. The van der Waals surface area contributed by atoms with Crippen molar-refractivity contribution in [1.82, 2.24) is 19.3 Å². The van der Waals surface area contributed by atoms with Crippen molar-refractivity contribution in [3.8, 4) is 5.88 Å². The first-order valence-electron chi connectivity index (χ1n) is 7.34. The number of nitrogens with zero attached hydrogens (tertiary/aromatic N) is 4. The molecule has 0 bridgehead atoms. The fourth-order valence-electron chi connectivity index (χ4n) is 2.85. The van der Waals surface area contributed by atoms with Gasteiger partial charge in [0, 0.05) is 29.9 Å². The number of pyridine rings is 1. The lowest BCUT2D eigenvalue weighted by Crippen LogP contribution is -2.14. The number of fused-ring (bicyclic) bond motifs is 1. The van der Waals surface area contributed by atoms with Crippen LogP contribution in [-0.2, 0) is 13.1 Å². The third-order valence-corrected chi connectivity index (χ3v) is 4.02. The topological polar surface area (TPSA) is 88.0 Å². The van der Waals surface area contributed by atoms with Crippen LogP contribution in [0, 0.1) is 13.8 Å². The van der Waals surface area contributed by atoms with Gasteiger partial charge in [0.15, 0.2) is 0 Å². The van der Waals surface area contributed by atoms with E-state index in [1.165, 1.54) is 0 Å². The summed E-state index contributed by atoms with van der Waals surface area (Å²) in [7, 11) is 1.60. The van der Waals surface area contributed by atoms with Gasteiger partial charge in [0.25, 0.3) is 5.91 Å². The number of primary amides is 1. The van der Waals surface area contributed by atoms with E-state index in [1.54, 1.807) is 20.2 Å². The number of nitrogens with two attached hydrogens (primary N) is 1. The summed E-state index contributed by atoms with van der Waals surface area (Å²) in [4.78, 5) is 15.7. The summed E-state index contributed by atoms with van der Waals surface area (Å²) < 4.78 is 9.05. The second kappa shape index (κ2) is 5.75. The van der Waals surface area contributed by atoms with Crippen molar-refractivity contribution in [3.05, 3.63) is 41.5 Å². The molecule has 3 aromatic heterocycles. The molecule has 0 saturated carbocycles. The molecule has 0 unspecified atom stereocenters. The third-order valence-electron chi connectivity index (χ3n) is 4.02. The lowest BCUT2D eigenvalue weighted by atomic mass is 10.2. The Kier molecular flexibility index (Phi) is 3.77. The van der Waals surface area contributed by atoms with Crippen molar-refractivity contribution in [2.75, 3.05) is 7.11 Å². The van der Waals surface area contributed by atoms with Gasteiger partial charge < -0.3 is 15.0 Å². The van der Waals surface area contributed by atoms with Gasteiger partial charge >= 0.3 is 0 Å². The van der Waals surface area contributed by atoms with Crippen molar-refractivity contribution < 1.29 is 9.53 Å². The molecule has 7 heteroatoms. The monoisotopic (exact) mass is 313 g/mol. The number of aryl methyl sites for hydroxylation is 3. The molecule has 0 saturated heterocycles. The first-order valence-corrected chi connectivity index (χ1v) is 7.34. The second-order valence-electron chi connectivity index (χ2n) is 5.43. The normalized spacial score (nSPS) is 11.1. The Labute approximate surface area is 133 Å². The Bertz CT molecular complexity index is 878. The van der Waals surface area contributed by atoms with Crippen LogP contribution in [0.5, 0.6) is 5.88 Å². The van der Waals surface area contributed by atoms with Gasteiger partial charge in [-0.3, -0.25) is 9.48 Å². The van der Waals surface area contributed by atoms with Crippen molar-refractivity contribution in [1.29, 1.82) is 0 Å². The molecule has 0 aromatic carbocycles. The van der Waals surface area contributed by atoms with E-state index in [1.807, 2.05) is 29.9 Å². The lowest BCUT2D eigenvalue weighted by Gasteiger charge is -2.08. The Morgan fingerprint density at radius 3 is 2.78 bits per heavy atom. The number of carbonyl (C=O) groups is 1. The quantitative estimate of drug-likeness (QED) is 0.776. The van der Waals surface area contributed by atoms with Gasteiger partial charge in [-0.25, -0.2) is 4.98 Å². The number of hydrogen-bond donors (Lipinski definition) is 1. The van der Waals surface area contributed by atoms with E-state index in [4.69, 9.17) is 10.5 Å². The summed E-state index contributed by atoms with van der Waals surface area (Å²) >= 11 is 0. The Morgan fingerprint density at radius 2 is 2.13 bits per heavy atom. The fourth-order valence-corrected chi connectivity index (χ4v) is 2.85. The highest BCUT2D eigenvalue weighted by molar-refractivity contribution is 5.95. The highest BCUT2D eigenvalue weighted by Gasteiger charge is 2.16. The van der Waals surface area contributed by atoms with Crippen LogP contribution in [-0.4, -0.2) is 32.3 Å². The first kappa shape index (κ1) is 15.1. The maximum absolute atomic E-state index is 11.5. The van der Waals surface area contributed by atoms with Gasteiger partial charge in [0.2, 0.25) is 5.88 Å². The largest absolute Gasteiger partial charge is 0.481 e. The van der Waals surface area contributed by atoms with Crippen molar-refractivity contribution >= 4 is 16.8 Å². The lowest BCUT2D eigenvalue weighted by molar-refractivity contribution is 0.0999. The summed E-state index contributed by atoms with van der Waals surface area (Å²) in [5.41, 5.74) is 8.40. The summed E-state index contributed by atoms with van der Waals surface area (Å²) in [6.45, 7) is 5.03. The molecule has 2 N–H and O–H groups in total. The molecule has 3 rings (SSSR count). The van der Waals surface area contributed by atoms with Gasteiger partial charge in [-0.05, 0) is 19.9 Å². The van der Waals surface area contributed by atoms with Gasteiger partial charge in [-0.2, -0.15) is 5.10 Å². The SMILES string of the molecule is COc1cc2ccn(CCn3nc(C)c(C(N)=O)c3C)c2cn1. The average molecular weight is 313 g/mol. The second-order valence-corrected chi connectivity index (χ2v) is 5.43. The highest BCUT2D eigenvalue weighted by Crippen LogP contribution is 2.19. The molecular weight excluding hydrogens is 294 g/mol. The van der Waals surface area contributed by atoms with E-state index in [2.05, 4.69) is 14.6 Å². The molecule has 23 heavy (non-hydrogen) atoms. The maximum atomic E-state index is 11.5. The number of hydrogen-bond acceptors (Lipinski definition) is 4. The minimum absolute atomic E-state index is 0.436. The molecule has 0 atom stereocenters. The number of carbonyl (C=O) groups excluding carboxylic acids is 1. The molecule has 7 nitrogen and oxygen atoms in total. The van der Waals surface area contributed by atoms with E-state index in [9.17, 15) is 4.79 Å². The van der Waals surface area contributed by atoms with Gasteiger partial charge in [-0.15, -0.1) is 0 Å². The predicted molar refractivity (Wildman–Crippen MR) is 86.5 cm³/mol. The average Bonchev–Trinajstić information content (AvgIpc) is 3.05. The van der Waals surface area contributed by atoms with Crippen molar-refractivity contribution in [2.45, 2.75) is 26.9 Å². The zero-order valence-corrected chi connectivity index (χ0v) is 13.4. The highest BCUT2D eigenvalue weighted by atomic mass is 16.5. The Hall–Kier alpha value is -2.83. The standard InChI is InChI=1S/C16H19N5O2/c1-10-15(16(17)22)11(2)21(19-10)7-6-20-5-4-12-8-14(23-3)18-9-13(12)20/h4-5,8-9H,6-7H2,1-3H3,(H2,17,22). The molecule has 0 aliphatic rings. The van der Waals surface area contributed by atoms with Gasteiger partial charge in [-0.1, -0.05) is 0 Å². The van der Waals surface area contributed by atoms with Crippen LogP contribution in [0.25, 0.3) is 10.9 Å². The van der Waals surface area contributed by atoms with Crippen LogP contribution < -0.4 is 10.5 Å². The molecule has 0 radical (unpaired) electrons. The van der Waals surface area contributed by atoms with E-state index < -0.39 is 5.91 Å². The smallest absolute Gasteiger partial charge is 0.252 e. The van der Waals surface area contributed by atoms with Crippen LogP contribution >= 0.6 is 0 Å². The van der Waals surface area contributed by atoms with E-state index in [0.717, 1.165) is 23.1 Å².